The standard InChI is InChI=1S/C21H26O3/c1-15(2)14-23-20(22)18-8-6-7-9-19(18)24-17-12-10-16(11-13-17)21(3,4)5/h6-13,15H,14H2,1-5H3. The molecular weight excluding hydrogens is 300 g/mol. The molecule has 0 aliphatic rings. The van der Waals surface area contributed by atoms with Crippen LogP contribution in [0.2, 0.25) is 0 Å². The quantitative estimate of drug-likeness (QED) is 0.672. The van der Waals surface area contributed by atoms with Gasteiger partial charge in [-0.1, -0.05) is 58.9 Å². The zero-order valence-corrected chi connectivity index (χ0v) is 15.1. The van der Waals surface area contributed by atoms with Crippen molar-refractivity contribution in [2.24, 2.45) is 5.92 Å². The summed E-state index contributed by atoms with van der Waals surface area (Å²) in [5.74, 6) is 1.15. The van der Waals surface area contributed by atoms with E-state index in [0.717, 1.165) is 0 Å². The molecule has 128 valence electrons. The number of hydrogen-bond donors (Lipinski definition) is 0. The third kappa shape index (κ3) is 4.85. The van der Waals surface area contributed by atoms with Crippen LogP contribution in [0.25, 0.3) is 0 Å². The van der Waals surface area contributed by atoms with Crippen molar-refractivity contribution >= 4 is 5.97 Å². The van der Waals surface area contributed by atoms with E-state index in [4.69, 9.17) is 9.47 Å². The molecule has 0 heterocycles. The number of hydrogen-bond acceptors (Lipinski definition) is 3. The van der Waals surface area contributed by atoms with Crippen molar-refractivity contribution in [2.45, 2.75) is 40.0 Å². The number of benzene rings is 2. The van der Waals surface area contributed by atoms with Crippen LogP contribution >= 0.6 is 0 Å². The lowest BCUT2D eigenvalue weighted by atomic mass is 9.87. The molecule has 0 atom stereocenters. The van der Waals surface area contributed by atoms with Crippen molar-refractivity contribution in [1.82, 2.24) is 0 Å². The van der Waals surface area contributed by atoms with E-state index in [1.54, 1.807) is 12.1 Å². The smallest absolute Gasteiger partial charge is 0.341 e. The molecule has 2 rings (SSSR count). The summed E-state index contributed by atoms with van der Waals surface area (Å²) >= 11 is 0. The molecule has 0 N–H and O–H groups in total. The lowest BCUT2D eigenvalue weighted by molar-refractivity contribution is 0.0456. The summed E-state index contributed by atoms with van der Waals surface area (Å²) in [7, 11) is 0. The van der Waals surface area contributed by atoms with Gasteiger partial charge in [0.05, 0.1) is 6.61 Å². The maximum atomic E-state index is 12.2. The summed E-state index contributed by atoms with van der Waals surface area (Å²) < 4.78 is 11.2. The molecule has 0 amide bonds. The van der Waals surface area contributed by atoms with Gasteiger partial charge < -0.3 is 9.47 Å². The van der Waals surface area contributed by atoms with Crippen LogP contribution in [-0.4, -0.2) is 12.6 Å². The molecule has 3 nitrogen and oxygen atoms in total. The highest BCUT2D eigenvalue weighted by molar-refractivity contribution is 5.92. The van der Waals surface area contributed by atoms with Crippen molar-refractivity contribution < 1.29 is 14.3 Å². The molecule has 2 aromatic rings. The fourth-order valence-electron chi connectivity index (χ4n) is 2.19. The Bertz CT molecular complexity index is 679. The molecule has 24 heavy (non-hydrogen) atoms. The van der Waals surface area contributed by atoms with Crippen LogP contribution in [0.1, 0.15) is 50.5 Å². The number of rotatable bonds is 5. The molecule has 0 spiro atoms. The first kappa shape index (κ1) is 18.1. The molecule has 0 saturated heterocycles. The van der Waals surface area contributed by atoms with Gasteiger partial charge in [-0.25, -0.2) is 4.79 Å². The monoisotopic (exact) mass is 326 g/mol. The van der Waals surface area contributed by atoms with E-state index in [2.05, 4.69) is 32.9 Å². The highest BCUT2D eigenvalue weighted by Gasteiger charge is 2.16. The Kier molecular flexibility index (Phi) is 5.66. The molecule has 0 bridgehead atoms. The van der Waals surface area contributed by atoms with E-state index in [-0.39, 0.29) is 11.4 Å². The van der Waals surface area contributed by atoms with E-state index < -0.39 is 0 Å². The summed E-state index contributed by atoms with van der Waals surface area (Å²) in [5, 5.41) is 0. The lowest BCUT2D eigenvalue weighted by Crippen LogP contribution is -2.11. The van der Waals surface area contributed by atoms with E-state index in [1.165, 1.54) is 5.56 Å². The van der Waals surface area contributed by atoms with Gasteiger partial charge in [-0.15, -0.1) is 0 Å². The topological polar surface area (TPSA) is 35.5 Å². The van der Waals surface area contributed by atoms with Crippen molar-refractivity contribution in [3.05, 3.63) is 59.7 Å². The fraction of sp³-hybridized carbons (Fsp3) is 0.381. The predicted molar refractivity (Wildman–Crippen MR) is 96.8 cm³/mol. The Morgan fingerprint density at radius 2 is 1.62 bits per heavy atom. The summed E-state index contributed by atoms with van der Waals surface area (Å²) in [5.41, 5.74) is 1.77. The first-order chi connectivity index (χ1) is 11.3. The average Bonchev–Trinajstić information content (AvgIpc) is 2.53. The van der Waals surface area contributed by atoms with Gasteiger partial charge in [0.1, 0.15) is 17.1 Å². The van der Waals surface area contributed by atoms with Crippen LogP contribution in [0, 0.1) is 5.92 Å². The van der Waals surface area contributed by atoms with Gasteiger partial charge in [0, 0.05) is 0 Å². The highest BCUT2D eigenvalue weighted by atomic mass is 16.5. The van der Waals surface area contributed by atoms with Crippen LogP contribution in [0.5, 0.6) is 11.5 Å². The summed E-state index contributed by atoms with van der Waals surface area (Å²) in [6.45, 7) is 10.9. The summed E-state index contributed by atoms with van der Waals surface area (Å²) in [4.78, 5) is 12.2. The lowest BCUT2D eigenvalue weighted by Gasteiger charge is -2.19. The number of esters is 1. The average molecular weight is 326 g/mol. The molecule has 0 aliphatic carbocycles. The van der Waals surface area contributed by atoms with Gasteiger partial charge in [0.15, 0.2) is 0 Å². The van der Waals surface area contributed by atoms with Gasteiger partial charge in [-0.3, -0.25) is 0 Å². The number of ether oxygens (including phenoxy) is 2. The van der Waals surface area contributed by atoms with Gasteiger partial charge in [-0.05, 0) is 41.2 Å². The van der Waals surface area contributed by atoms with Crippen LogP contribution in [0.15, 0.2) is 48.5 Å². The van der Waals surface area contributed by atoms with E-state index >= 15 is 0 Å². The Hall–Kier alpha value is -2.29. The zero-order chi connectivity index (χ0) is 17.7. The second-order valence-electron chi connectivity index (χ2n) is 7.36. The molecule has 0 aromatic heterocycles. The second-order valence-corrected chi connectivity index (χ2v) is 7.36. The second kappa shape index (κ2) is 7.52. The largest absolute Gasteiger partial charge is 0.462 e. The van der Waals surface area contributed by atoms with Crippen LogP contribution in [-0.2, 0) is 10.2 Å². The van der Waals surface area contributed by atoms with Crippen molar-refractivity contribution in [2.75, 3.05) is 6.61 Å². The van der Waals surface area contributed by atoms with Crippen molar-refractivity contribution in [3.63, 3.8) is 0 Å². The maximum absolute atomic E-state index is 12.2. The number of carbonyl (C=O) groups is 1. The van der Waals surface area contributed by atoms with Gasteiger partial charge in [0.25, 0.3) is 0 Å². The van der Waals surface area contributed by atoms with Crippen LogP contribution in [0.4, 0.5) is 0 Å². The maximum Gasteiger partial charge on any atom is 0.341 e. The molecule has 0 aliphatic heterocycles. The van der Waals surface area contributed by atoms with E-state index in [1.807, 2.05) is 38.1 Å². The third-order valence-corrected chi connectivity index (χ3v) is 3.60. The fourth-order valence-corrected chi connectivity index (χ4v) is 2.19. The summed E-state index contributed by atoms with van der Waals surface area (Å²) in [6.07, 6.45) is 0. The predicted octanol–water partition coefficient (Wildman–Crippen LogP) is 5.59. The molecule has 2 aromatic carbocycles. The Morgan fingerprint density at radius 1 is 1.00 bits per heavy atom. The minimum atomic E-state index is -0.356. The number of carbonyl (C=O) groups excluding carboxylic acids is 1. The van der Waals surface area contributed by atoms with E-state index in [9.17, 15) is 4.79 Å². The van der Waals surface area contributed by atoms with E-state index in [0.29, 0.717) is 29.6 Å². The molecule has 0 fully saturated rings. The first-order valence-electron chi connectivity index (χ1n) is 8.32. The summed E-state index contributed by atoms with van der Waals surface area (Å²) in [6, 6.07) is 15.1. The molecule has 0 unspecified atom stereocenters. The Balaban J connectivity index is 2.17. The highest BCUT2D eigenvalue weighted by Crippen LogP contribution is 2.29. The zero-order valence-electron chi connectivity index (χ0n) is 15.1. The number of para-hydroxylation sites is 1. The first-order valence-corrected chi connectivity index (χ1v) is 8.32. The third-order valence-electron chi connectivity index (χ3n) is 3.60. The Morgan fingerprint density at radius 3 is 2.21 bits per heavy atom. The minimum Gasteiger partial charge on any atom is -0.462 e. The van der Waals surface area contributed by atoms with Crippen LogP contribution in [0.3, 0.4) is 0 Å². The molecule has 0 radical (unpaired) electrons. The van der Waals surface area contributed by atoms with Gasteiger partial charge in [-0.2, -0.15) is 0 Å². The Labute approximate surface area is 144 Å². The normalized spacial score (nSPS) is 11.4. The van der Waals surface area contributed by atoms with Crippen LogP contribution < -0.4 is 4.74 Å². The van der Waals surface area contributed by atoms with Gasteiger partial charge in [0.2, 0.25) is 0 Å². The van der Waals surface area contributed by atoms with Gasteiger partial charge >= 0.3 is 5.97 Å². The molecular formula is C21H26O3. The van der Waals surface area contributed by atoms with Crippen molar-refractivity contribution in [3.8, 4) is 11.5 Å². The minimum absolute atomic E-state index is 0.0943. The molecule has 3 heteroatoms. The molecule has 0 saturated carbocycles. The van der Waals surface area contributed by atoms with Crippen molar-refractivity contribution in [1.29, 1.82) is 0 Å². The SMILES string of the molecule is CC(C)COC(=O)c1ccccc1Oc1ccc(C(C)(C)C)cc1.